The molecule has 0 aliphatic heterocycles. The van der Waals surface area contributed by atoms with Crippen LogP contribution in [-0.4, -0.2) is 28.5 Å². The van der Waals surface area contributed by atoms with Gasteiger partial charge in [0.2, 0.25) is 0 Å². The maximum Gasteiger partial charge on any atom is 0.186 e. The highest BCUT2D eigenvalue weighted by Crippen LogP contribution is 2.35. The van der Waals surface area contributed by atoms with Crippen molar-refractivity contribution in [2.45, 2.75) is 59.1 Å². The van der Waals surface area contributed by atoms with Crippen LogP contribution in [0.4, 0.5) is 0 Å². The number of hydrogen-bond donors (Lipinski definition) is 3. The van der Waals surface area contributed by atoms with Gasteiger partial charge in [-0.15, -0.1) is 0 Å². The third kappa shape index (κ3) is 5.11. The third-order valence-electron chi connectivity index (χ3n) is 2.13. The Bertz CT molecular complexity index is 229. The first-order valence-electron chi connectivity index (χ1n) is 5.76. The van der Waals surface area contributed by atoms with Gasteiger partial charge in [-0.1, -0.05) is 27.7 Å². The molecule has 0 saturated heterocycles. The van der Waals surface area contributed by atoms with Crippen LogP contribution < -0.4 is 11.5 Å². The summed E-state index contributed by atoms with van der Waals surface area (Å²) in [6, 6.07) is -0.0936. The number of nitrogens with two attached hydrogens (primary N) is 2. The Balaban J connectivity index is 0. The van der Waals surface area contributed by atoms with Gasteiger partial charge in [0, 0.05) is 12.8 Å². The molecule has 0 aromatic carbocycles. The number of nitrogens with zero attached hydrogens (tertiary/aromatic N) is 1. The van der Waals surface area contributed by atoms with Gasteiger partial charge in [-0.25, -0.2) is 0 Å². The van der Waals surface area contributed by atoms with E-state index in [2.05, 4.69) is 4.99 Å². The van der Waals surface area contributed by atoms with Crippen molar-refractivity contribution in [3.05, 3.63) is 0 Å². The zero-order chi connectivity index (χ0) is 13.4. The van der Waals surface area contributed by atoms with E-state index in [1.54, 1.807) is 0 Å². The average molecular weight is 231 g/mol. The summed E-state index contributed by atoms with van der Waals surface area (Å²) in [5.74, 6) is -0.213. The molecule has 5 N–H and O–H groups in total. The van der Waals surface area contributed by atoms with Gasteiger partial charge in [0.25, 0.3) is 0 Å². The van der Waals surface area contributed by atoms with Crippen LogP contribution in [0.3, 0.4) is 0 Å². The number of ketones is 1. The lowest BCUT2D eigenvalue weighted by Gasteiger charge is -2.39. The van der Waals surface area contributed by atoms with Crippen molar-refractivity contribution in [2.24, 2.45) is 16.5 Å². The van der Waals surface area contributed by atoms with Gasteiger partial charge in [0.15, 0.2) is 11.7 Å². The van der Waals surface area contributed by atoms with Gasteiger partial charge < -0.3 is 16.6 Å². The summed E-state index contributed by atoms with van der Waals surface area (Å²) in [6.07, 6.45) is 0.667. The van der Waals surface area contributed by atoms with Crippen LogP contribution in [0.2, 0.25) is 0 Å². The number of carbonyl (C=O) groups is 1. The Kier molecular flexibility index (Phi) is 8.76. The highest BCUT2D eigenvalue weighted by Gasteiger charge is 2.46. The van der Waals surface area contributed by atoms with Crippen molar-refractivity contribution >= 4 is 11.7 Å². The van der Waals surface area contributed by atoms with E-state index in [9.17, 15) is 9.90 Å². The van der Waals surface area contributed by atoms with Crippen molar-refractivity contribution in [1.82, 2.24) is 0 Å². The summed E-state index contributed by atoms with van der Waals surface area (Å²) >= 11 is 0. The zero-order valence-corrected chi connectivity index (χ0v) is 10.9. The fourth-order valence-corrected chi connectivity index (χ4v) is 1.31. The van der Waals surface area contributed by atoms with E-state index in [4.69, 9.17) is 11.5 Å². The molecule has 0 unspecified atom stereocenters. The van der Waals surface area contributed by atoms with Gasteiger partial charge in [0.1, 0.15) is 5.60 Å². The Morgan fingerprint density at radius 1 is 1.25 bits per heavy atom. The Hall–Kier alpha value is -1.10. The molecular formula is C11H25N3O2. The van der Waals surface area contributed by atoms with Crippen LogP contribution in [0.5, 0.6) is 0 Å². The van der Waals surface area contributed by atoms with Gasteiger partial charge in [0.05, 0.1) is 6.04 Å². The van der Waals surface area contributed by atoms with Gasteiger partial charge in [-0.3, -0.25) is 9.79 Å². The minimum Gasteiger partial charge on any atom is -0.382 e. The number of Topliss-reactive ketones (excluding diaryl/α,β-unsaturated/α-hetero) is 1. The molecular weight excluding hydrogens is 206 g/mol. The number of carbonyl (C=O) groups excluding carboxylic acids is 1. The Labute approximate surface area is 97.9 Å². The summed E-state index contributed by atoms with van der Waals surface area (Å²) in [7, 11) is 0. The summed E-state index contributed by atoms with van der Waals surface area (Å²) < 4.78 is 0. The van der Waals surface area contributed by atoms with Crippen LogP contribution >= 0.6 is 0 Å². The standard InChI is InChI=1S/C7H13N3O2.2C2H6/c1-4(11)7(12)2-5(3-7)10-6(8)9;2*1-2/h5,12H,2-3H2,1H3,(H4,8,9,10);2*1-2H3. The van der Waals surface area contributed by atoms with Gasteiger partial charge in [-0.05, 0) is 6.92 Å². The molecule has 0 atom stereocenters. The molecule has 1 rings (SSSR count). The monoisotopic (exact) mass is 231 g/mol. The van der Waals surface area contributed by atoms with Crippen LogP contribution in [0, 0.1) is 0 Å². The molecule has 96 valence electrons. The van der Waals surface area contributed by atoms with Crippen molar-refractivity contribution in [2.75, 3.05) is 0 Å². The number of aliphatic imine (C=N–C) groups is 1. The summed E-state index contributed by atoms with van der Waals surface area (Å²) in [6.45, 7) is 9.37. The first-order chi connectivity index (χ1) is 7.44. The van der Waals surface area contributed by atoms with E-state index in [-0.39, 0.29) is 17.8 Å². The molecule has 0 aromatic rings. The molecule has 5 nitrogen and oxygen atoms in total. The molecule has 0 aromatic heterocycles. The SMILES string of the molecule is CC.CC.CC(=O)C1(O)CC(N=C(N)N)C1. The van der Waals surface area contributed by atoms with Crippen LogP contribution in [0.25, 0.3) is 0 Å². The second-order valence-corrected chi connectivity index (χ2v) is 3.20. The maximum atomic E-state index is 10.8. The van der Waals surface area contributed by atoms with Crippen LogP contribution in [0.15, 0.2) is 4.99 Å². The summed E-state index contributed by atoms with van der Waals surface area (Å²) in [5, 5.41) is 9.47. The van der Waals surface area contributed by atoms with Crippen molar-refractivity contribution in [3.8, 4) is 0 Å². The van der Waals surface area contributed by atoms with E-state index < -0.39 is 5.60 Å². The van der Waals surface area contributed by atoms with Crippen molar-refractivity contribution in [1.29, 1.82) is 0 Å². The molecule has 0 radical (unpaired) electrons. The van der Waals surface area contributed by atoms with E-state index in [0.717, 1.165) is 0 Å². The lowest BCUT2D eigenvalue weighted by Crippen LogP contribution is -2.52. The highest BCUT2D eigenvalue weighted by atomic mass is 16.3. The number of rotatable bonds is 2. The van der Waals surface area contributed by atoms with Crippen LogP contribution in [-0.2, 0) is 4.79 Å². The average Bonchev–Trinajstić information content (AvgIpc) is 2.20. The first kappa shape index (κ1) is 17.3. The third-order valence-corrected chi connectivity index (χ3v) is 2.13. The van der Waals surface area contributed by atoms with Crippen molar-refractivity contribution < 1.29 is 9.90 Å². The zero-order valence-electron chi connectivity index (χ0n) is 10.9. The highest BCUT2D eigenvalue weighted by molar-refractivity contribution is 5.86. The van der Waals surface area contributed by atoms with Gasteiger partial charge >= 0.3 is 0 Å². The molecule has 1 aliphatic carbocycles. The molecule has 1 saturated carbocycles. The summed E-state index contributed by atoms with van der Waals surface area (Å²) in [4.78, 5) is 14.6. The molecule has 16 heavy (non-hydrogen) atoms. The van der Waals surface area contributed by atoms with E-state index in [1.807, 2.05) is 27.7 Å². The predicted octanol–water partition coefficient (Wildman–Crippen LogP) is 0.795. The lowest BCUT2D eigenvalue weighted by atomic mass is 9.73. The summed E-state index contributed by atoms with van der Waals surface area (Å²) in [5.41, 5.74) is 9.08. The second-order valence-electron chi connectivity index (χ2n) is 3.20. The van der Waals surface area contributed by atoms with Crippen LogP contribution in [0.1, 0.15) is 47.5 Å². The predicted molar refractivity (Wildman–Crippen MR) is 67.2 cm³/mol. The largest absolute Gasteiger partial charge is 0.382 e. The number of guanidine groups is 1. The van der Waals surface area contributed by atoms with E-state index in [0.29, 0.717) is 12.8 Å². The molecule has 1 fully saturated rings. The second kappa shape index (κ2) is 8.10. The molecule has 0 bridgehead atoms. The molecule has 0 heterocycles. The smallest absolute Gasteiger partial charge is 0.186 e. The Morgan fingerprint density at radius 2 is 1.62 bits per heavy atom. The fraction of sp³-hybridized carbons (Fsp3) is 0.818. The topological polar surface area (TPSA) is 102 Å². The Morgan fingerprint density at radius 3 is 1.88 bits per heavy atom. The molecule has 1 aliphatic rings. The number of aliphatic hydroxyl groups is 1. The number of hydrogen-bond acceptors (Lipinski definition) is 3. The normalized spacial score (nSPS) is 26.0. The minimum absolute atomic E-state index is 0.00519. The van der Waals surface area contributed by atoms with Gasteiger partial charge in [-0.2, -0.15) is 0 Å². The fourth-order valence-electron chi connectivity index (χ4n) is 1.31. The maximum absolute atomic E-state index is 10.8. The quantitative estimate of drug-likeness (QED) is 0.483. The molecule has 0 spiro atoms. The van der Waals surface area contributed by atoms with Crippen molar-refractivity contribution in [3.63, 3.8) is 0 Å². The molecule has 5 heteroatoms. The minimum atomic E-state index is -1.18. The lowest BCUT2D eigenvalue weighted by molar-refractivity contribution is -0.145. The molecule has 0 amide bonds. The van der Waals surface area contributed by atoms with E-state index in [1.165, 1.54) is 6.92 Å². The first-order valence-corrected chi connectivity index (χ1v) is 5.76. The van der Waals surface area contributed by atoms with E-state index >= 15 is 0 Å².